The normalized spacial score (nSPS) is 22.2. The maximum atomic E-state index is 13.8. The maximum absolute atomic E-state index is 13.8. The maximum Gasteiger partial charge on any atom is 0.323 e. The summed E-state index contributed by atoms with van der Waals surface area (Å²) in [5, 5.41) is 4.44. The summed E-state index contributed by atoms with van der Waals surface area (Å²) in [6.45, 7) is 7.62. The zero-order valence-electron chi connectivity index (χ0n) is 20.5. The van der Waals surface area contributed by atoms with Gasteiger partial charge in [0.15, 0.2) is 12.3 Å². The summed E-state index contributed by atoms with van der Waals surface area (Å²) >= 11 is 1.22. The van der Waals surface area contributed by atoms with Gasteiger partial charge in [0.1, 0.15) is 4.53 Å². The second-order valence-corrected chi connectivity index (χ2v) is 10.1. The van der Waals surface area contributed by atoms with E-state index in [-0.39, 0.29) is 17.5 Å². The number of aromatic nitrogens is 1. The van der Waals surface area contributed by atoms with E-state index in [1.807, 2.05) is 43.0 Å². The zero-order valence-corrected chi connectivity index (χ0v) is 21.3. The molecule has 4 heterocycles. The van der Waals surface area contributed by atoms with Crippen LogP contribution >= 0.6 is 11.3 Å². The van der Waals surface area contributed by atoms with Crippen LogP contribution in [0.1, 0.15) is 64.6 Å². The van der Waals surface area contributed by atoms with Crippen LogP contribution in [0.4, 0.5) is 10.5 Å². The molecule has 35 heavy (non-hydrogen) atoms. The summed E-state index contributed by atoms with van der Waals surface area (Å²) in [6, 6.07) is 7.57. The Morgan fingerprint density at radius 2 is 1.71 bits per heavy atom. The molecule has 1 aromatic heterocycles. The highest BCUT2D eigenvalue weighted by atomic mass is 32.1. The molecule has 10 heteroatoms. The number of carbonyl (C=O) groups is 2. The van der Waals surface area contributed by atoms with Crippen molar-refractivity contribution in [1.82, 2.24) is 19.8 Å². The van der Waals surface area contributed by atoms with Gasteiger partial charge in [-0.1, -0.05) is 62.1 Å². The van der Waals surface area contributed by atoms with Crippen LogP contribution in [0.15, 0.2) is 34.2 Å². The minimum absolute atomic E-state index is 0.121. The van der Waals surface area contributed by atoms with Gasteiger partial charge in [0.25, 0.3) is 11.5 Å². The lowest BCUT2D eigenvalue weighted by atomic mass is 10.1. The molecule has 2 atom stereocenters. The standard InChI is InChI=1S/C25H32N6O3S/c1-4-7-8-9-12-15-30-17-14-11-10-13-16(17)18(22(30)32)19-23(33)31-21-20(26-27-24(31)35-19)28(5-2)25(34)29(21)6-3/h10-11,13-14,20-21,26H,4-9,12,15H2,1-3H3/b19-18-. The number of fused-ring (bicyclic) bond motifs is 4. The Bertz CT molecular complexity index is 1330. The molecule has 3 aliphatic rings. The minimum atomic E-state index is -0.500. The number of anilines is 1. The molecule has 0 saturated carbocycles. The third kappa shape index (κ3) is 3.65. The molecule has 0 spiro atoms. The molecule has 5 rings (SSSR count). The quantitative estimate of drug-likeness (QED) is 0.567. The molecule has 0 aliphatic carbocycles. The first-order chi connectivity index (χ1) is 17.0. The van der Waals surface area contributed by atoms with E-state index in [9.17, 15) is 14.4 Å². The number of thiazole rings is 1. The largest absolute Gasteiger partial charge is 0.323 e. The average molecular weight is 497 g/mol. The molecule has 1 aromatic carbocycles. The monoisotopic (exact) mass is 496 g/mol. The van der Waals surface area contributed by atoms with Crippen molar-refractivity contribution in [2.45, 2.75) is 65.2 Å². The Kier molecular flexibility index (Phi) is 6.39. The van der Waals surface area contributed by atoms with E-state index in [4.69, 9.17) is 0 Å². The SMILES string of the molecule is CCCCCCCN1C(=O)/C(=c2\sc3n(c2=O)C2C(NN=3)N(CC)C(=O)N2CC)c2ccccc21. The number of nitrogens with zero attached hydrogens (tertiary/aromatic N) is 5. The number of carbonyl (C=O) groups excluding carboxylic acids is 2. The molecular weight excluding hydrogens is 464 g/mol. The minimum Gasteiger partial charge on any atom is -0.308 e. The summed E-state index contributed by atoms with van der Waals surface area (Å²) in [5.41, 5.74) is 4.90. The highest BCUT2D eigenvalue weighted by molar-refractivity contribution is 7.07. The summed E-state index contributed by atoms with van der Waals surface area (Å²) in [7, 11) is 0. The van der Waals surface area contributed by atoms with Gasteiger partial charge in [-0.3, -0.25) is 29.4 Å². The first-order valence-corrected chi connectivity index (χ1v) is 13.4. The van der Waals surface area contributed by atoms with Crippen LogP contribution in [0.5, 0.6) is 0 Å². The van der Waals surface area contributed by atoms with E-state index >= 15 is 0 Å². The molecule has 1 fully saturated rings. The van der Waals surface area contributed by atoms with Crippen molar-refractivity contribution in [3.05, 3.63) is 49.5 Å². The van der Waals surface area contributed by atoms with E-state index in [1.165, 1.54) is 24.2 Å². The molecule has 1 saturated heterocycles. The summed E-state index contributed by atoms with van der Waals surface area (Å²) in [4.78, 5) is 46.1. The van der Waals surface area contributed by atoms with Gasteiger partial charge in [-0.05, 0) is 26.3 Å². The fourth-order valence-corrected chi connectivity index (χ4v) is 6.42. The molecule has 2 unspecified atom stereocenters. The number of benzene rings is 1. The van der Waals surface area contributed by atoms with Crippen LogP contribution in [0, 0.1) is 0 Å². The number of urea groups is 1. The van der Waals surface area contributed by atoms with Crippen LogP contribution in [-0.2, 0) is 4.79 Å². The van der Waals surface area contributed by atoms with Crippen molar-refractivity contribution < 1.29 is 9.59 Å². The topological polar surface area (TPSA) is 90.2 Å². The second kappa shape index (κ2) is 9.49. The van der Waals surface area contributed by atoms with Crippen molar-refractivity contribution in [3.8, 4) is 0 Å². The van der Waals surface area contributed by atoms with Gasteiger partial charge in [0.2, 0.25) is 4.80 Å². The fraction of sp³-hybridized carbons (Fsp3) is 0.520. The molecule has 2 aromatic rings. The number of amides is 3. The summed E-state index contributed by atoms with van der Waals surface area (Å²) in [5.74, 6) is -0.132. The second-order valence-electron chi connectivity index (χ2n) is 9.11. The number of hydrogen-bond donors (Lipinski definition) is 1. The van der Waals surface area contributed by atoms with Crippen molar-refractivity contribution in [3.63, 3.8) is 0 Å². The van der Waals surface area contributed by atoms with E-state index in [0.29, 0.717) is 34.5 Å². The van der Waals surface area contributed by atoms with E-state index < -0.39 is 12.3 Å². The number of para-hydroxylation sites is 1. The Hall–Kier alpha value is -3.14. The van der Waals surface area contributed by atoms with E-state index in [2.05, 4.69) is 17.5 Å². The van der Waals surface area contributed by atoms with Crippen molar-refractivity contribution in [2.75, 3.05) is 24.5 Å². The number of nitrogens with one attached hydrogen (secondary N) is 1. The smallest absolute Gasteiger partial charge is 0.308 e. The van der Waals surface area contributed by atoms with Crippen LogP contribution in [0.3, 0.4) is 0 Å². The highest BCUT2D eigenvalue weighted by Crippen LogP contribution is 2.35. The third-order valence-electron chi connectivity index (χ3n) is 7.12. The lowest BCUT2D eigenvalue weighted by Gasteiger charge is -2.29. The van der Waals surface area contributed by atoms with Crippen molar-refractivity contribution in [2.24, 2.45) is 5.10 Å². The first-order valence-electron chi connectivity index (χ1n) is 12.6. The molecule has 186 valence electrons. The molecule has 0 bridgehead atoms. The molecule has 9 nitrogen and oxygen atoms in total. The van der Waals surface area contributed by atoms with Crippen LogP contribution in [-0.4, -0.2) is 52.1 Å². The number of rotatable bonds is 8. The molecule has 3 aliphatic heterocycles. The van der Waals surface area contributed by atoms with E-state index in [0.717, 1.165) is 30.5 Å². The molecular formula is C25H32N6O3S. The van der Waals surface area contributed by atoms with Gasteiger partial charge >= 0.3 is 6.03 Å². The predicted octanol–water partition coefficient (Wildman–Crippen LogP) is 2.17. The summed E-state index contributed by atoms with van der Waals surface area (Å²) in [6.07, 6.45) is 4.62. The Morgan fingerprint density at radius 3 is 2.46 bits per heavy atom. The number of hydrogen-bond acceptors (Lipinski definition) is 6. The zero-order chi connectivity index (χ0) is 24.7. The lowest BCUT2D eigenvalue weighted by Crippen LogP contribution is -2.53. The number of likely N-dealkylation sites (N-methyl/N-ethyl adjacent to an activating group) is 2. The summed E-state index contributed by atoms with van der Waals surface area (Å²) < 4.78 is 1.98. The first kappa shape index (κ1) is 23.6. The van der Waals surface area contributed by atoms with Gasteiger partial charge in [-0.25, -0.2) is 4.79 Å². The van der Waals surface area contributed by atoms with Gasteiger partial charge < -0.3 is 4.90 Å². The van der Waals surface area contributed by atoms with E-state index in [1.54, 1.807) is 14.4 Å². The Morgan fingerprint density at radius 1 is 0.971 bits per heavy atom. The predicted molar refractivity (Wildman–Crippen MR) is 136 cm³/mol. The Labute approximate surface area is 208 Å². The van der Waals surface area contributed by atoms with Gasteiger partial charge in [-0.2, -0.15) is 0 Å². The van der Waals surface area contributed by atoms with Gasteiger partial charge in [0, 0.05) is 25.2 Å². The lowest BCUT2D eigenvalue weighted by molar-refractivity contribution is -0.113. The average Bonchev–Trinajstić information content (AvgIpc) is 3.44. The molecule has 3 amide bonds. The third-order valence-corrected chi connectivity index (χ3v) is 8.17. The van der Waals surface area contributed by atoms with Crippen LogP contribution in [0.25, 0.3) is 5.57 Å². The molecule has 1 N–H and O–H groups in total. The van der Waals surface area contributed by atoms with Crippen LogP contribution in [0.2, 0.25) is 0 Å². The highest BCUT2D eigenvalue weighted by Gasteiger charge is 2.48. The Balaban J connectivity index is 1.59. The van der Waals surface area contributed by atoms with Crippen LogP contribution < -0.4 is 25.2 Å². The van der Waals surface area contributed by atoms with Gasteiger partial charge in [-0.15, -0.1) is 5.10 Å². The van der Waals surface area contributed by atoms with Gasteiger partial charge in [0.05, 0.1) is 11.3 Å². The molecule has 0 radical (unpaired) electrons. The van der Waals surface area contributed by atoms with Crippen molar-refractivity contribution in [1.29, 1.82) is 0 Å². The fourth-order valence-electron chi connectivity index (χ4n) is 5.36. The number of unbranched alkanes of at least 4 members (excludes halogenated alkanes) is 4. The van der Waals surface area contributed by atoms with Crippen molar-refractivity contribution >= 4 is 34.5 Å².